The average molecular weight is 240 g/mol. The summed E-state index contributed by atoms with van der Waals surface area (Å²) >= 11 is 0. The van der Waals surface area contributed by atoms with Gasteiger partial charge in [0, 0.05) is 24.7 Å². The first-order valence-corrected chi connectivity index (χ1v) is 7.22. The zero-order valence-electron chi connectivity index (χ0n) is 11.5. The Morgan fingerprint density at radius 1 is 1.29 bits per heavy atom. The quantitative estimate of drug-likeness (QED) is 0.750. The normalized spacial score (nSPS) is 41.1. The molecular formula is C14H28N2O. The summed E-state index contributed by atoms with van der Waals surface area (Å²) in [7, 11) is 0. The Labute approximate surface area is 106 Å². The molecule has 3 heteroatoms. The van der Waals surface area contributed by atoms with Gasteiger partial charge in [-0.3, -0.25) is 4.90 Å². The predicted octanol–water partition coefficient (Wildman–Crippen LogP) is 2.00. The summed E-state index contributed by atoms with van der Waals surface area (Å²) in [6.45, 7) is 8.29. The van der Waals surface area contributed by atoms with Crippen molar-refractivity contribution in [1.82, 2.24) is 4.90 Å². The Morgan fingerprint density at radius 3 is 2.82 bits per heavy atom. The molecule has 1 heterocycles. The van der Waals surface area contributed by atoms with Crippen molar-refractivity contribution in [2.45, 2.75) is 57.5 Å². The maximum Gasteiger partial charge on any atom is 0.0620 e. The summed E-state index contributed by atoms with van der Waals surface area (Å²) in [6, 6.07) is 0.528. The van der Waals surface area contributed by atoms with Gasteiger partial charge in [0.25, 0.3) is 0 Å². The van der Waals surface area contributed by atoms with Crippen LogP contribution in [0.15, 0.2) is 0 Å². The molecule has 0 aromatic carbocycles. The van der Waals surface area contributed by atoms with E-state index in [9.17, 15) is 0 Å². The third-order valence-electron chi connectivity index (χ3n) is 4.80. The van der Waals surface area contributed by atoms with Crippen molar-refractivity contribution in [3.8, 4) is 0 Å². The standard InChI is InChI=1S/C14H28N2O/c1-12-4-3-6-14(11-15,7-5-12)16-8-9-17-10-13(16)2/h12-13H,3-11,15H2,1-2H3. The van der Waals surface area contributed by atoms with E-state index in [0.29, 0.717) is 6.04 Å². The number of hydrogen-bond acceptors (Lipinski definition) is 3. The number of nitrogens with two attached hydrogens (primary N) is 1. The molecule has 2 N–H and O–H groups in total. The molecule has 17 heavy (non-hydrogen) atoms. The van der Waals surface area contributed by atoms with Crippen molar-refractivity contribution < 1.29 is 4.74 Å². The lowest BCUT2D eigenvalue weighted by Crippen LogP contribution is -2.60. The first kappa shape index (κ1) is 13.3. The SMILES string of the molecule is CC1CCCC(CN)(N2CCOCC2C)CC1. The van der Waals surface area contributed by atoms with Crippen LogP contribution in [-0.2, 0) is 4.74 Å². The smallest absolute Gasteiger partial charge is 0.0620 e. The Hall–Kier alpha value is -0.120. The van der Waals surface area contributed by atoms with Gasteiger partial charge >= 0.3 is 0 Å². The van der Waals surface area contributed by atoms with E-state index in [1.807, 2.05) is 0 Å². The first-order chi connectivity index (χ1) is 8.18. The molecule has 2 fully saturated rings. The number of ether oxygens (including phenoxy) is 1. The van der Waals surface area contributed by atoms with Crippen LogP contribution in [0.4, 0.5) is 0 Å². The third kappa shape index (κ3) is 2.83. The summed E-state index contributed by atoms with van der Waals surface area (Å²) in [4.78, 5) is 2.65. The lowest BCUT2D eigenvalue weighted by Gasteiger charge is -2.48. The van der Waals surface area contributed by atoms with Crippen molar-refractivity contribution in [1.29, 1.82) is 0 Å². The van der Waals surface area contributed by atoms with Crippen molar-refractivity contribution in [3.63, 3.8) is 0 Å². The number of rotatable bonds is 2. The molecule has 1 saturated carbocycles. The maximum absolute atomic E-state index is 6.16. The number of hydrogen-bond donors (Lipinski definition) is 1. The van der Waals surface area contributed by atoms with Gasteiger partial charge in [0.15, 0.2) is 0 Å². The van der Waals surface area contributed by atoms with E-state index < -0.39 is 0 Å². The van der Waals surface area contributed by atoms with E-state index in [-0.39, 0.29) is 5.54 Å². The molecule has 3 unspecified atom stereocenters. The minimum absolute atomic E-state index is 0.258. The Bertz CT molecular complexity index is 246. The molecule has 0 aromatic rings. The molecule has 1 aliphatic carbocycles. The molecule has 0 aromatic heterocycles. The molecule has 3 nitrogen and oxygen atoms in total. The number of nitrogens with zero attached hydrogens (tertiary/aromatic N) is 1. The highest BCUT2D eigenvalue weighted by Gasteiger charge is 2.40. The van der Waals surface area contributed by atoms with Gasteiger partial charge in [-0.25, -0.2) is 0 Å². The van der Waals surface area contributed by atoms with Crippen molar-refractivity contribution in [2.24, 2.45) is 11.7 Å². The fourth-order valence-corrected chi connectivity index (χ4v) is 3.60. The third-order valence-corrected chi connectivity index (χ3v) is 4.80. The van der Waals surface area contributed by atoms with E-state index in [1.54, 1.807) is 0 Å². The topological polar surface area (TPSA) is 38.5 Å². The molecular weight excluding hydrogens is 212 g/mol. The van der Waals surface area contributed by atoms with Crippen LogP contribution in [-0.4, -0.2) is 42.8 Å². The largest absolute Gasteiger partial charge is 0.379 e. The van der Waals surface area contributed by atoms with Gasteiger partial charge in [0.1, 0.15) is 0 Å². The van der Waals surface area contributed by atoms with Crippen molar-refractivity contribution >= 4 is 0 Å². The van der Waals surface area contributed by atoms with E-state index in [4.69, 9.17) is 10.5 Å². The molecule has 0 amide bonds. The lowest BCUT2D eigenvalue weighted by molar-refractivity contribution is -0.0619. The molecule has 2 rings (SSSR count). The van der Waals surface area contributed by atoms with Crippen LogP contribution in [0.5, 0.6) is 0 Å². The van der Waals surface area contributed by atoms with Gasteiger partial charge in [0.2, 0.25) is 0 Å². The highest BCUT2D eigenvalue weighted by Crippen LogP contribution is 2.36. The first-order valence-electron chi connectivity index (χ1n) is 7.22. The molecule has 0 radical (unpaired) electrons. The average Bonchev–Trinajstić information content (AvgIpc) is 2.53. The van der Waals surface area contributed by atoms with Gasteiger partial charge in [0.05, 0.1) is 13.2 Å². The number of morpholine rings is 1. The van der Waals surface area contributed by atoms with E-state index in [1.165, 1.54) is 32.1 Å². The fourth-order valence-electron chi connectivity index (χ4n) is 3.60. The zero-order valence-corrected chi connectivity index (χ0v) is 11.5. The van der Waals surface area contributed by atoms with Gasteiger partial charge in [-0.15, -0.1) is 0 Å². The fraction of sp³-hybridized carbons (Fsp3) is 1.00. The molecule has 2 aliphatic rings. The van der Waals surface area contributed by atoms with Crippen LogP contribution in [0.25, 0.3) is 0 Å². The van der Waals surface area contributed by atoms with Crippen molar-refractivity contribution in [2.75, 3.05) is 26.3 Å². The predicted molar refractivity (Wildman–Crippen MR) is 71.0 cm³/mol. The molecule has 3 atom stereocenters. The van der Waals surface area contributed by atoms with E-state index in [2.05, 4.69) is 18.7 Å². The van der Waals surface area contributed by atoms with Gasteiger partial charge in [-0.2, -0.15) is 0 Å². The van der Waals surface area contributed by atoms with E-state index >= 15 is 0 Å². The molecule has 0 bridgehead atoms. The molecule has 0 spiro atoms. The molecule has 100 valence electrons. The Morgan fingerprint density at radius 2 is 2.12 bits per heavy atom. The summed E-state index contributed by atoms with van der Waals surface area (Å²) in [5, 5.41) is 0. The van der Waals surface area contributed by atoms with Crippen LogP contribution in [0.3, 0.4) is 0 Å². The lowest BCUT2D eigenvalue weighted by atomic mass is 9.86. The highest BCUT2D eigenvalue weighted by atomic mass is 16.5. The minimum Gasteiger partial charge on any atom is -0.379 e. The van der Waals surface area contributed by atoms with E-state index in [0.717, 1.165) is 32.2 Å². The Balaban J connectivity index is 2.11. The van der Waals surface area contributed by atoms with Crippen LogP contribution in [0.2, 0.25) is 0 Å². The monoisotopic (exact) mass is 240 g/mol. The molecule has 1 saturated heterocycles. The van der Waals surface area contributed by atoms with Gasteiger partial charge < -0.3 is 10.5 Å². The second-order valence-electron chi connectivity index (χ2n) is 6.08. The summed E-state index contributed by atoms with van der Waals surface area (Å²) < 4.78 is 5.56. The zero-order chi connectivity index (χ0) is 12.3. The Kier molecular flexibility index (Phi) is 4.45. The van der Waals surface area contributed by atoms with Gasteiger partial charge in [-0.05, 0) is 32.1 Å². The summed E-state index contributed by atoms with van der Waals surface area (Å²) in [5.41, 5.74) is 6.42. The molecule has 1 aliphatic heterocycles. The van der Waals surface area contributed by atoms with Crippen LogP contribution in [0.1, 0.15) is 46.0 Å². The van der Waals surface area contributed by atoms with Crippen molar-refractivity contribution in [3.05, 3.63) is 0 Å². The minimum atomic E-state index is 0.258. The second kappa shape index (κ2) is 5.68. The van der Waals surface area contributed by atoms with Crippen LogP contribution < -0.4 is 5.73 Å². The van der Waals surface area contributed by atoms with Gasteiger partial charge in [-0.1, -0.05) is 19.8 Å². The maximum atomic E-state index is 6.16. The summed E-state index contributed by atoms with van der Waals surface area (Å²) in [6.07, 6.45) is 6.59. The second-order valence-corrected chi connectivity index (χ2v) is 6.08. The van der Waals surface area contributed by atoms with Crippen LogP contribution in [0, 0.1) is 5.92 Å². The summed E-state index contributed by atoms with van der Waals surface area (Å²) in [5.74, 6) is 0.875. The van der Waals surface area contributed by atoms with Crippen LogP contribution >= 0.6 is 0 Å². The highest BCUT2D eigenvalue weighted by molar-refractivity contribution is 4.96.